The third-order valence-corrected chi connectivity index (χ3v) is 2.84. The molecule has 2 N–H and O–H groups in total. The number of hydrogen-bond acceptors (Lipinski definition) is 3. The lowest BCUT2D eigenvalue weighted by Crippen LogP contribution is -2.10. The van der Waals surface area contributed by atoms with E-state index in [4.69, 9.17) is 0 Å². The molecule has 0 radical (unpaired) electrons. The van der Waals surface area contributed by atoms with Crippen LogP contribution in [0.5, 0.6) is 0 Å². The predicted molar refractivity (Wildman–Crippen MR) is 75.9 cm³/mol. The first-order valence-electron chi connectivity index (χ1n) is 6.29. The smallest absolute Gasteiger partial charge is 0.224 e. The van der Waals surface area contributed by atoms with Crippen molar-refractivity contribution in [3.05, 3.63) is 42.5 Å². The van der Waals surface area contributed by atoms with Gasteiger partial charge in [0.15, 0.2) is 0 Å². The summed E-state index contributed by atoms with van der Waals surface area (Å²) < 4.78 is 1.97. The lowest BCUT2D eigenvalue weighted by Gasteiger charge is -2.09. The topological polar surface area (TPSA) is 59.0 Å². The highest BCUT2D eigenvalue weighted by Gasteiger charge is 2.01. The molecule has 100 valence electrons. The predicted octanol–water partition coefficient (Wildman–Crippen LogP) is 2.38. The van der Waals surface area contributed by atoms with Gasteiger partial charge in [-0.3, -0.25) is 4.79 Å². The van der Waals surface area contributed by atoms with E-state index in [2.05, 4.69) is 15.6 Å². The summed E-state index contributed by atoms with van der Waals surface area (Å²) in [5.41, 5.74) is 1.76. The maximum Gasteiger partial charge on any atom is 0.224 e. The molecule has 2 aromatic rings. The number of carbonyl (C=O) groups is 1. The standard InChI is InChI=1S/C14H18N4O/c1-3-14(19)17-12-6-4-5-11(9-12)16-10-13-15-7-8-18(13)2/h4-9,16H,3,10H2,1-2H3,(H,17,19). The van der Waals surface area contributed by atoms with Gasteiger partial charge < -0.3 is 15.2 Å². The second kappa shape index (κ2) is 6.04. The van der Waals surface area contributed by atoms with Crippen molar-refractivity contribution in [1.29, 1.82) is 0 Å². The molecule has 1 aromatic carbocycles. The summed E-state index contributed by atoms with van der Waals surface area (Å²) in [6.07, 6.45) is 4.16. The molecule has 0 aliphatic rings. The van der Waals surface area contributed by atoms with Crippen molar-refractivity contribution in [2.45, 2.75) is 19.9 Å². The SMILES string of the molecule is CCC(=O)Nc1cccc(NCc2nccn2C)c1. The Bertz CT molecular complexity index is 562. The second-order valence-corrected chi connectivity index (χ2v) is 4.29. The van der Waals surface area contributed by atoms with E-state index in [-0.39, 0.29) is 5.91 Å². The summed E-state index contributed by atoms with van der Waals surface area (Å²) in [6, 6.07) is 7.66. The molecule has 2 rings (SSSR count). The monoisotopic (exact) mass is 258 g/mol. The minimum absolute atomic E-state index is 0.0150. The molecule has 5 heteroatoms. The molecular formula is C14H18N4O. The molecule has 0 aliphatic carbocycles. The molecule has 0 saturated heterocycles. The minimum Gasteiger partial charge on any atom is -0.378 e. The zero-order valence-electron chi connectivity index (χ0n) is 11.2. The molecule has 0 saturated carbocycles. The van der Waals surface area contributed by atoms with Gasteiger partial charge >= 0.3 is 0 Å². The van der Waals surface area contributed by atoms with Crippen LogP contribution in [0.4, 0.5) is 11.4 Å². The van der Waals surface area contributed by atoms with Gasteiger partial charge in [-0.05, 0) is 18.2 Å². The highest BCUT2D eigenvalue weighted by atomic mass is 16.1. The summed E-state index contributed by atoms with van der Waals surface area (Å²) in [6.45, 7) is 2.48. The Morgan fingerprint density at radius 1 is 1.37 bits per heavy atom. The summed E-state index contributed by atoms with van der Waals surface area (Å²) in [5.74, 6) is 0.976. The van der Waals surface area contributed by atoms with Crippen molar-refractivity contribution in [1.82, 2.24) is 9.55 Å². The van der Waals surface area contributed by atoms with E-state index < -0.39 is 0 Å². The molecule has 0 fully saturated rings. The molecule has 0 unspecified atom stereocenters. The molecule has 19 heavy (non-hydrogen) atoms. The molecular weight excluding hydrogens is 240 g/mol. The fraction of sp³-hybridized carbons (Fsp3) is 0.286. The number of anilines is 2. The lowest BCUT2D eigenvalue weighted by atomic mass is 10.2. The number of nitrogens with zero attached hydrogens (tertiary/aromatic N) is 2. The van der Waals surface area contributed by atoms with Crippen LogP contribution < -0.4 is 10.6 Å². The molecule has 0 atom stereocenters. The Balaban J connectivity index is 1.99. The van der Waals surface area contributed by atoms with Gasteiger partial charge in [-0.15, -0.1) is 0 Å². The van der Waals surface area contributed by atoms with E-state index in [0.717, 1.165) is 17.2 Å². The van der Waals surface area contributed by atoms with Gasteiger partial charge in [0.1, 0.15) is 5.82 Å². The number of rotatable bonds is 5. The van der Waals surface area contributed by atoms with Gasteiger partial charge in [0.25, 0.3) is 0 Å². The third-order valence-electron chi connectivity index (χ3n) is 2.84. The van der Waals surface area contributed by atoms with Crippen molar-refractivity contribution in [3.8, 4) is 0 Å². The van der Waals surface area contributed by atoms with Gasteiger partial charge in [-0.2, -0.15) is 0 Å². The second-order valence-electron chi connectivity index (χ2n) is 4.29. The Hall–Kier alpha value is -2.30. The van der Waals surface area contributed by atoms with Crippen molar-refractivity contribution in [3.63, 3.8) is 0 Å². The van der Waals surface area contributed by atoms with Gasteiger partial charge in [0.05, 0.1) is 6.54 Å². The number of nitrogens with one attached hydrogen (secondary N) is 2. The van der Waals surface area contributed by atoms with E-state index in [1.54, 1.807) is 6.20 Å². The fourth-order valence-electron chi connectivity index (χ4n) is 1.70. The molecule has 1 aromatic heterocycles. The van der Waals surface area contributed by atoms with Crippen LogP contribution in [0, 0.1) is 0 Å². The Morgan fingerprint density at radius 2 is 2.16 bits per heavy atom. The number of aromatic nitrogens is 2. The zero-order chi connectivity index (χ0) is 13.7. The first-order valence-corrected chi connectivity index (χ1v) is 6.29. The minimum atomic E-state index is 0.0150. The molecule has 1 heterocycles. The van der Waals surface area contributed by atoms with Crippen molar-refractivity contribution < 1.29 is 4.79 Å². The normalized spacial score (nSPS) is 10.2. The van der Waals surface area contributed by atoms with Crippen LogP contribution in [0.15, 0.2) is 36.7 Å². The number of benzene rings is 1. The van der Waals surface area contributed by atoms with Crippen LogP contribution >= 0.6 is 0 Å². The molecule has 5 nitrogen and oxygen atoms in total. The van der Waals surface area contributed by atoms with Crippen LogP contribution in [-0.4, -0.2) is 15.5 Å². The first-order chi connectivity index (χ1) is 9.19. The Labute approximate surface area is 112 Å². The van der Waals surface area contributed by atoms with Gasteiger partial charge in [0.2, 0.25) is 5.91 Å². The molecule has 0 spiro atoms. The average Bonchev–Trinajstić information content (AvgIpc) is 2.82. The quantitative estimate of drug-likeness (QED) is 0.865. The number of hydrogen-bond donors (Lipinski definition) is 2. The molecule has 0 aliphatic heterocycles. The summed E-state index contributed by atoms with van der Waals surface area (Å²) in [5, 5.41) is 6.12. The van der Waals surface area contributed by atoms with Crippen LogP contribution in [0.25, 0.3) is 0 Å². The molecule has 1 amide bonds. The highest BCUT2D eigenvalue weighted by molar-refractivity contribution is 5.90. The van der Waals surface area contributed by atoms with E-state index in [1.807, 2.05) is 49.0 Å². The van der Waals surface area contributed by atoms with E-state index >= 15 is 0 Å². The first kappa shape index (κ1) is 13.1. The van der Waals surface area contributed by atoms with Crippen LogP contribution in [-0.2, 0) is 18.4 Å². The van der Waals surface area contributed by atoms with E-state index in [1.165, 1.54) is 0 Å². The van der Waals surface area contributed by atoms with Crippen LogP contribution in [0.3, 0.4) is 0 Å². The van der Waals surface area contributed by atoms with Crippen molar-refractivity contribution in [2.24, 2.45) is 7.05 Å². The van der Waals surface area contributed by atoms with Crippen LogP contribution in [0.2, 0.25) is 0 Å². The number of carbonyl (C=O) groups excluding carboxylic acids is 1. The summed E-state index contributed by atoms with van der Waals surface area (Å²) in [7, 11) is 1.96. The number of amides is 1. The van der Waals surface area contributed by atoms with Gasteiger partial charge in [0, 0.05) is 37.2 Å². The molecule has 0 bridgehead atoms. The lowest BCUT2D eigenvalue weighted by molar-refractivity contribution is -0.115. The largest absolute Gasteiger partial charge is 0.378 e. The maximum atomic E-state index is 11.3. The maximum absolute atomic E-state index is 11.3. The van der Waals surface area contributed by atoms with E-state index in [0.29, 0.717) is 13.0 Å². The number of imidazole rings is 1. The van der Waals surface area contributed by atoms with Gasteiger partial charge in [-0.25, -0.2) is 4.98 Å². The van der Waals surface area contributed by atoms with E-state index in [9.17, 15) is 4.79 Å². The zero-order valence-corrected chi connectivity index (χ0v) is 11.2. The number of aryl methyl sites for hydroxylation is 1. The average molecular weight is 258 g/mol. The Morgan fingerprint density at radius 3 is 2.84 bits per heavy atom. The fourth-order valence-corrected chi connectivity index (χ4v) is 1.70. The highest BCUT2D eigenvalue weighted by Crippen LogP contribution is 2.16. The Kier molecular flexibility index (Phi) is 4.18. The third kappa shape index (κ3) is 3.58. The van der Waals surface area contributed by atoms with Crippen molar-refractivity contribution >= 4 is 17.3 Å². The summed E-state index contributed by atoms with van der Waals surface area (Å²) >= 11 is 0. The summed E-state index contributed by atoms with van der Waals surface area (Å²) in [4.78, 5) is 15.6. The van der Waals surface area contributed by atoms with Crippen LogP contribution in [0.1, 0.15) is 19.2 Å². The van der Waals surface area contributed by atoms with Gasteiger partial charge in [-0.1, -0.05) is 13.0 Å². The van der Waals surface area contributed by atoms with Crippen molar-refractivity contribution in [2.75, 3.05) is 10.6 Å².